The third-order valence-corrected chi connectivity index (χ3v) is 10.4. The van der Waals surface area contributed by atoms with Gasteiger partial charge in [-0.05, 0) is 80.0 Å². The highest BCUT2D eigenvalue weighted by atomic mass is 35.5. The number of rotatable bonds is 8. The van der Waals surface area contributed by atoms with Crippen LogP contribution in [0.25, 0.3) is 0 Å². The first-order valence-corrected chi connectivity index (χ1v) is 18.5. The van der Waals surface area contributed by atoms with Crippen molar-refractivity contribution >= 4 is 60.0 Å². The highest BCUT2D eigenvalue weighted by Crippen LogP contribution is 2.33. The van der Waals surface area contributed by atoms with Gasteiger partial charge >= 0.3 is 0 Å². The Morgan fingerprint density at radius 3 is 2.54 bits per heavy atom. The molecule has 1 saturated heterocycles. The van der Waals surface area contributed by atoms with Crippen molar-refractivity contribution in [1.82, 2.24) is 10.2 Å². The quantitative estimate of drug-likeness (QED) is 0.161. The maximum Gasteiger partial charge on any atom is 0.251 e. The van der Waals surface area contributed by atoms with Crippen LogP contribution in [-0.4, -0.2) is 80.0 Å². The van der Waals surface area contributed by atoms with E-state index in [0.29, 0.717) is 52.9 Å². The molecule has 2 aliphatic heterocycles. The number of amides is 2. The molecule has 2 heterocycles. The molecule has 2 aliphatic rings. The molecule has 0 spiro atoms. The van der Waals surface area contributed by atoms with E-state index in [4.69, 9.17) is 32.1 Å². The van der Waals surface area contributed by atoms with Gasteiger partial charge in [-0.2, -0.15) is 0 Å². The SMILES string of the molecule is COc1ccc2c(c1)C(c1ccc(Cl)cc1)=NC(CC(=O)N1CCC(CNC(=O)c3cccc([Si](C)(C)O)c3)C1)C(=N)N2C(C)=N. The number of hydrogen-bond donors (Lipinski definition) is 4. The molecule has 3 aromatic rings. The van der Waals surface area contributed by atoms with Crippen molar-refractivity contribution in [3.8, 4) is 5.75 Å². The number of carbonyl (C=O) groups excluding carboxylic acids is 2. The van der Waals surface area contributed by atoms with Gasteiger partial charge in [0.2, 0.25) is 14.2 Å². The number of likely N-dealkylation sites (tertiary alicyclic amines) is 1. The Bertz CT molecular complexity index is 1700. The molecule has 2 atom stereocenters. The maximum absolute atomic E-state index is 13.7. The number of fused-ring (bicyclic) bond motifs is 1. The molecule has 4 N–H and O–H groups in total. The predicted molar refractivity (Wildman–Crippen MR) is 185 cm³/mol. The Balaban J connectivity index is 1.33. The first-order valence-electron chi connectivity index (χ1n) is 15.2. The van der Waals surface area contributed by atoms with Gasteiger partial charge in [0.05, 0.1) is 24.9 Å². The average Bonchev–Trinajstić information content (AvgIpc) is 3.47. The van der Waals surface area contributed by atoms with Crippen LogP contribution in [0.2, 0.25) is 18.1 Å². The molecule has 0 aromatic heterocycles. The summed E-state index contributed by atoms with van der Waals surface area (Å²) < 4.78 is 5.50. The summed E-state index contributed by atoms with van der Waals surface area (Å²) in [6, 6.07) is 18.9. The van der Waals surface area contributed by atoms with Crippen molar-refractivity contribution in [2.45, 2.75) is 38.9 Å². The zero-order valence-corrected chi connectivity index (χ0v) is 28.2. The van der Waals surface area contributed by atoms with Gasteiger partial charge in [0, 0.05) is 41.3 Å². The van der Waals surface area contributed by atoms with E-state index >= 15 is 0 Å². The largest absolute Gasteiger partial charge is 0.497 e. The van der Waals surface area contributed by atoms with E-state index in [1.54, 1.807) is 61.4 Å². The number of methoxy groups -OCH3 is 1. The van der Waals surface area contributed by atoms with Crippen LogP contribution in [0, 0.1) is 16.7 Å². The van der Waals surface area contributed by atoms with Gasteiger partial charge in [-0.15, -0.1) is 0 Å². The first kappa shape index (κ1) is 33.1. The average molecular weight is 659 g/mol. The number of amidine groups is 2. The summed E-state index contributed by atoms with van der Waals surface area (Å²) in [5, 5.41) is 22.0. The number of carbonyl (C=O) groups is 2. The normalized spacial score (nSPS) is 18.0. The van der Waals surface area contributed by atoms with Crippen LogP contribution in [-0.2, 0) is 4.79 Å². The number of ether oxygens (including phenoxy) is 1. The van der Waals surface area contributed by atoms with Gasteiger partial charge in [0.1, 0.15) is 23.5 Å². The van der Waals surface area contributed by atoms with Gasteiger partial charge < -0.3 is 19.7 Å². The van der Waals surface area contributed by atoms with E-state index in [-0.39, 0.29) is 35.8 Å². The summed E-state index contributed by atoms with van der Waals surface area (Å²) in [4.78, 5) is 45.3. The summed E-state index contributed by atoms with van der Waals surface area (Å²) in [5.41, 5.74) is 3.13. The van der Waals surface area contributed by atoms with Crippen LogP contribution in [0.1, 0.15) is 41.3 Å². The Morgan fingerprint density at radius 1 is 1.13 bits per heavy atom. The van der Waals surface area contributed by atoms with E-state index < -0.39 is 14.4 Å². The lowest BCUT2D eigenvalue weighted by atomic mass is 9.99. The molecule has 12 heteroatoms. The van der Waals surface area contributed by atoms with Gasteiger partial charge in [0.25, 0.3) is 5.91 Å². The van der Waals surface area contributed by atoms with Gasteiger partial charge in [0.15, 0.2) is 0 Å². The van der Waals surface area contributed by atoms with E-state index in [1.165, 1.54) is 4.90 Å². The minimum absolute atomic E-state index is 0.0376. The molecule has 3 aromatic carbocycles. The number of benzodiazepines with no additional fused rings is 1. The molecule has 10 nitrogen and oxygen atoms in total. The fourth-order valence-corrected chi connectivity index (χ4v) is 6.97. The zero-order chi connectivity index (χ0) is 33.2. The summed E-state index contributed by atoms with van der Waals surface area (Å²) in [6.07, 6.45) is 0.693. The highest BCUT2D eigenvalue weighted by Gasteiger charge is 2.35. The molecule has 1 fully saturated rings. The fourth-order valence-electron chi connectivity index (χ4n) is 5.83. The molecule has 46 heavy (non-hydrogen) atoms. The van der Waals surface area contributed by atoms with Crippen LogP contribution in [0.15, 0.2) is 71.7 Å². The number of benzene rings is 3. The Morgan fingerprint density at radius 2 is 1.87 bits per heavy atom. The van der Waals surface area contributed by atoms with Crippen molar-refractivity contribution in [3.05, 3.63) is 88.4 Å². The summed E-state index contributed by atoms with van der Waals surface area (Å²) in [6.45, 7) is 6.67. The van der Waals surface area contributed by atoms with Crippen molar-refractivity contribution in [2.24, 2.45) is 10.9 Å². The maximum atomic E-state index is 13.7. The molecule has 0 saturated carbocycles. The van der Waals surface area contributed by atoms with Crippen molar-refractivity contribution in [2.75, 3.05) is 31.6 Å². The minimum Gasteiger partial charge on any atom is -0.497 e. The minimum atomic E-state index is -2.54. The monoisotopic (exact) mass is 658 g/mol. The zero-order valence-electron chi connectivity index (χ0n) is 26.4. The van der Waals surface area contributed by atoms with E-state index in [9.17, 15) is 14.4 Å². The second-order valence-electron chi connectivity index (χ2n) is 12.2. The Labute approximate surface area is 275 Å². The number of hydrogen-bond acceptors (Lipinski definition) is 7. The Kier molecular flexibility index (Phi) is 9.76. The lowest BCUT2D eigenvalue weighted by Gasteiger charge is -2.27. The topological polar surface area (TPSA) is 142 Å². The Hall–Kier alpha value is -4.32. The number of nitrogens with one attached hydrogen (secondary N) is 3. The molecule has 0 radical (unpaired) electrons. The second-order valence-corrected chi connectivity index (χ2v) is 16.4. The van der Waals surface area contributed by atoms with Crippen LogP contribution in [0.5, 0.6) is 5.75 Å². The predicted octanol–water partition coefficient (Wildman–Crippen LogP) is 4.42. The number of nitrogens with zero attached hydrogens (tertiary/aromatic N) is 3. The van der Waals surface area contributed by atoms with Gasteiger partial charge in [-0.1, -0.05) is 35.9 Å². The molecule has 0 bridgehead atoms. The molecular formula is C34H39ClN6O4Si. The summed E-state index contributed by atoms with van der Waals surface area (Å²) >= 11 is 6.18. The second kappa shape index (κ2) is 13.6. The fraction of sp³-hybridized carbons (Fsp3) is 0.324. The van der Waals surface area contributed by atoms with Crippen molar-refractivity contribution in [1.29, 1.82) is 10.8 Å². The highest BCUT2D eigenvalue weighted by molar-refractivity contribution is 6.83. The van der Waals surface area contributed by atoms with E-state index in [2.05, 4.69) is 5.32 Å². The molecule has 240 valence electrons. The summed E-state index contributed by atoms with van der Waals surface area (Å²) in [7, 11) is -0.966. The lowest BCUT2D eigenvalue weighted by molar-refractivity contribution is -0.130. The molecule has 2 unspecified atom stereocenters. The van der Waals surface area contributed by atoms with Crippen LogP contribution in [0.3, 0.4) is 0 Å². The molecule has 2 amide bonds. The van der Waals surface area contributed by atoms with Crippen LogP contribution >= 0.6 is 11.6 Å². The lowest BCUT2D eigenvalue weighted by Crippen LogP contribution is -2.43. The number of anilines is 1. The smallest absolute Gasteiger partial charge is 0.251 e. The number of aliphatic imine (C=N–C) groups is 1. The van der Waals surface area contributed by atoms with Crippen molar-refractivity contribution < 1.29 is 19.1 Å². The first-order chi connectivity index (χ1) is 21.8. The molecule has 5 rings (SSSR count). The third-order valence-electron chi connectivity index (χ3n) is 8.38. The third kappa shape index (κ3) is 7.22. The van der Waals surface area contributed by atoms with Crippen LogP contribution in [0.4, 0.5) is 5.69 Å². The van der Waals surface area contributed by atoms with Crippen LogP contribution < -0.4 is 20.1 Å². The van der Waals surface area contributed by atoms with Crippen molar-refractivity contribution in [3.63, 3.8) is 0 Å². The van der Waals surface area contributed by atoms with Gasteiger partial charge in [-0.3, -0.25) is 30.3 Å². The number of halogens is 1. The molecular weight excluding hydrogens is 620 g/mol. The molecule has 0 aliphatic carbocycles. The van der Waals surface area contributed by atoms with E-state index in [0.717, 1.165) is 17.2 Å². The summed E-state index contributed by atoms with van der Waals surface area (Å²) in [5.74, 6) is 0.504. The van der Waals surface area contributed by atoms with Gasteiger partial charge in [-0.25, -0.2) is 0 Å². The standard InChI is InChI=1S/C34H39ClN6O4Si/c1-21(36)41-30-13-12-26(45-2)17-28(30)32(23-8-10-25(35)11-9-23)39-29(33(41)37)18-31(42)40-15-14-22(20-40)19-38-34(43)24-6-5-7-27(16-24)46(3,4)44/h5-13,16-17,22,29,36-37,44H,14-15,18-20H2,1-4H3,(H,38,43). The van der Waals surface area contributed by atoms with E-state index in [1.807, 2.05) is 37.4 Å².